The normalized spacial score (nSPS) is 17.4. The Morgan fingerprint density at radius 3 is 2.59 bits per heavy atom. The van der Waals surface area contributed by atoms with Crippen molar-refractivity contribution in [1.29, 1.82) is 0 Å². The van der Waals surface area contributed by atoms with Crippen LogP contribution in [-0.4, -0.2) is 48.2 Å². The first-order valence-corrected chi connectivity index (χ1v) is 6.88. The van der Waals surface area contributed by atoms with Crippen LogP contribution < -0.4 is 5.32 Å². The lowest BCUT2D eigenvalue weighted by Gasteiger charge is -2.25. The van der Waals surface area contributed by atoms with Crippen molar-refractivity contribution in [3.63, 3.8) is 0 Å². The summed E-state index contributed by atoms with van der Waals surface area (Å²) in [5, 5.41) is 12.0. The highest BCUT2D eigenvalue weighted by Crippen LogP contribution is 2.17. The van der Waals surface area contributed by atoms with Gasteiger partial charge in [0.25, 0.3) is 0 Å². The van der Waals surface area contributed by atoms with Crippen molar-refractivity contribution in [2.24, 2.45) is 0 Å². The van der Waals surface area contributed by atoms with E-state index in [0.717, 1.165) is 25.8 Å². The highest BCUT2D eigenvalue weighted by Gasteiger charge is 2.17. The number of hydrogen-bond acceptors (Lipinski definition) is 3. The third kappa shape index (κ3) is 6.03. The van der Waals surface area contributed by atoms with Crippen LogP contribution in [0.5, 0.6) is 0 Å². The van der Waals surface area contributed by atoms with Crippen LogP contribution in [0.3, 0.4) is 0 Å². The highest BCUT2D eigenvalue weighted by atomic mass is 16.3. The monoisotopic (exact) mass is 242 g/mol. The molecular weight excluding hydrogens is 216 g/mol. The summed E-state index contributed by atoms with van der Waals surface area (Å²) < 4.78 is 0. The maximum Gasteiger partial charge on any atom is 0.234 e. The zero-order valence-electron chi connectivity index (χ0n) is 11.0. The van der Waals surface area contributed by atoms with Crippen molar-refractivity contribution in [2.45, 2.75) is 51.5 Å². The van der Waals surface area contributed by atoms with Gasteiger partial charge in [-0.05, 0) is 25.8 Å². The number of carbonyl (C=O) groups is 1. The van der Waals surface area contributed by atoms with Crippen LogP contribution in [0, 0.1) is 0 Å². The van der Waals surface area contributed by atoms with Crippen molar-refractivity contribution in [2.75, 3.05) is 26.2 Å². The van der Waals surface area contributed by atoms with E-state index >= 15 is 0 Å². The Balaban J connectivity index is 2.25. The van der Waals surface area contributed by atoms with Gasteiger partial charge in [-0.2, -0.15) is 0 Å². The van der Waals surface area contributed by atoms with Gasteiger partial charge in [-0.1, -0.05) is 26.2 Å². The second-order valence-electron chi connectivity index (χ2n) is 4.90. The fraction of sp³-hybridized carbons (Fsp3) is 0.923. The molecule has 0 aromatic carbocycles. The van der Waals surface area contributed by atoms with E-state index in [9.17, 15) is 4.79 Å². The van der Waals surface area contributed by atoms with E-state index in [0.29, 0.717) is 19.1 Å². The standard InChI is InChI=1S/C13H26N2O2/c1-2-8-15(9-10-16)11-13(17)14-12-6-4-3-5-7-12/h12,16H,2-11H2,1H3,(H,14,17). The first-order valence-electron chi connectivity index (χ1n) is 6.88. The number of nitrogens with one attached hydrogen (secondary N) is 1. The van der Waals surface area contributed by atoms with E-state index in [1.54, 1.807) is 0 Å². The first-order chi connectivity index (χ1) is 8.26. The van der Waals surface area contributed by atoms with Gasteiger partial charge in [0.1, 0.15) is 0 Å². The number of rotatable bonds is 7. The molecule has 0 aliphatic heterocycles. The van der Waals surface area contributed by atoms with Crippen molar-refractivity contribution >= 4 is 5.91 Å². The zero-order chi connectivity index (χ0) is 12.5. The molecule has 0 atom stereocenters. The fourth-order valence-corrected chi connectivity index (χ4v) is 2.45. The minimum Gasteiger partial charge on any atom is -0.395 e. The number of nitrogens with zero attached hydrogens (tertiary/aromatic N) is 1. The number of aliphatic hydroxyl groups excluding tert-OH is 1. The van der Waals surface area contributed by atoms with Crippen LogP contribution in [0.1, 0.15) is 45.4 Å². The molecule has 0 aromatic rings. The minimum absolute atomic E-state index is 0.110. The number of amides is 1. The van der Waals surface area contributed by atoms with Crippen LogP contribution in [0.4, 0.5) is 0 Å². The molecule has 100 valence electrons. The molecule has 1 amide bonds. The predicted octanol–water partition coefficient (Wildman–Crippen LogP) is 1.14. The third-order valence-electron chi connectivity index (χ3n) is 3.29. The SMILES string of the molecule is CCCN(CCO)CC(=O)NC1CCCCC1. The lowest BCUT2D eigenvalue weighted by Crippen LogP contribution is -2.43. The smallest absolute Gasteiger partial charge is 0.234 e. The Bertz CT molecular complexity index is 209. The van der Waals surface area contributed by atoms with E-state index in [1.807, 2.05) is 4.90 Å². The Hall–Kier alpha value is -0.610. The van der Waals surface area contributed by atoms with Gasteiger partial charge in [0.05, 0.1) is 13.2 Å². The Kier molecular flexibility index (Phi) is 7.21. The number of aliphatic hydroxyl groups is 1. The molecule has 4 nitrogen and oxygen atoms in total. The van der Waals surface area contributed by atoms with Crippen molar-refractivity contribution in [3.05, 3.63) is 0 Å². The van der Waals surface area contributed by atoms with Gasteiger partial charge in [-0.15, -0.1) is 0 Å². The maximum absolute atomic E-state index is 11.8. The summed E-state index contributed by atoms with van der Waals surface area (Å²) in [4.78, 5) is 13.8. The number of carbonyl (C=O) groups excluding carboxylic acids is 1. The molecule has 1 saturated carbocycles. The van der Waals surface area contributed by atoms with Crippen LogP contribution >= 0.6 is 0 Å². The van der Waals surface area contributed by atoms with Crippen molar-refractivity contribution in [1.82, 2.24) is 10.2 Å². The Morgan fingerprint density at radius 2 is 2.00 bits per heavy atom. The molecule has 1 rings (SSSR count). The highest BCUT2D eigenvalue weighted by molar-refractivity contribution is 5.78. The topological polar surface area (TPSA) is 52.6 Å². The molecule has 1 aliphatic carbocycles. The largest absolute Gasteiger partial charge is 0.395 e. The quantitative estimate of drug-likeness (QED) is 0.704. The average Bonchev–Trinajstić information content (AvgIpc) is 2.30. The first kappa shape index (κ1) is 14.5. The van der Waals surface area contributed by atoms with Crippen LogP contribution in [0.25, 0.3) is 0 Å². The summed E-state index contributed by atoms with van der Waals surface area (Å²) in [5.41, 5.74) is 0. The lowest BCUT2D eigenvalue weighted by molar-refractivity contribution is -0.123. The summed E-state index contributed by atoms with van der Waals surface area (Å²) >= 11 is 0. The molecule has 17 heavy (non-hydrogen) atoms. The molecule has 2 N–H and O–H groups in total. The molecule has 0 saturated heterocycles. The summed E-state index contributed by atoms with van der Waals surface area (Å²) in [6, 6.07) is 0.383. The van der Waals surface area contributed by atoms with Crippen LogP contribution in [0.2, 0.25) is 0 Å². The van der Waals surface area contributed by atoms with Gasteiger partial charge < -0.3 is 10.4 Å². The second-order valence-corrected chi connectivity index (χ2v) is 4.90. The summed E-state index contributed by atoms with van der Waals surface area (Å²) in [5.74, 6) is 0.110. The van der Waals surface area contributed by atoms with E-state index in [2.05, 4.69) is 12.2 Å². The fourth-order valence-electron chi connectivity index (χ4n) is 2.45. The summed E-state index contributed by atoms with van der Waals surface area (Å²) in [6.45, 7) is 4.09. The van der Waals surface area contributed by atoms with Gasteiger partial charge >= 0.3 is 0 Å². The summed E-state index contributed by atoms with van der Waals surface area (Å²) in [7, 11) is 0. The van der Waals surface area contributed by atoms with Crippen molar-refractivity contribution in [3.8, 4) is 0 Å². The Morgan fingerprint density at radius 1 is 1.29 bits per heavy atom. The van der Waals surface area contributed by atoms with E-state index < -0.39 is 0 Å². The number of hydrogen-bond donors (Lipinski definition) is 2. The third-order valence-corrected chi connectivity index (χ3v) is 3.29. The van der Waals surface area contributed by atoms with Gasteiger partial charge in [-0.3, -0.25) is 9.69 Å². The van der Waals surface area contributed by atoms with Gasteiger partial charge in [0, 0.05) is 12.6 Å². The van der Waals surface area contributed by atoms with Crippen LogP contribution in [-0.2, 0) is 4.79 Å². The van der Waals surface area contributed by atoms with E-state index in [4.69, 9.17) is 5.11 Å². The molecule has 0 radical (unpaired) electrons. The second kappa shape index (κ2) is 8.48. The molecule has 0 spiro atoms. The molecule has 1 aliphatic rings. The molecule has 1 fully saturated rings. The Labute approximate surface area is 104 Å². The molecule has 0 bridgehead atoms. The molecule has 0 aromatic heterocycles. The van der Waals surface area contributed by atoms with Gasteiger partial charge in [0.2, 0.25) is 5.91 Å². The van der Waals surface area contributed by atoms with Gasteiger partial charge in [0.15, 0.2) is 0 Å². The molecule has 0 unspecified atom stereocenters. The lowest BCUT2D eigenvalue weighted by atomic mass is 9.95. The maximum atomic E-state index is 11.8. The van der Waals surface area contributed by atoms with Crippen LogP contribution in [0.15, 0.2) is 0 Å². The average molecular weight is 242 g/mol. The van der Waals surface area contributed by atoms with E-state index in [1.165, 1.54) is 19.3 Å². The molecule has 0 heterocycles. The molecule has 4 heteroatoms. The minimum atomic E-state index is 0.110. The van der Waals surface area contributed by atoms with Gasteiger partial charge in [-0.25, -0.2) is 0 Å². The van der Waals surface area contributed by atoms with E-state index in [-0.39, 0.29) is 12.5 Å². The van der Waals surface area contributed by atoms with Crippen molar-refractivity contribution < 1.29 is 9.90 Å². The predicted molar refractivity (Wildman–Crippen MR) is 68.8 cm³/mol. The molecular formula is C13H26N2O2. The zero-order valence-corrected chi connectivity index (χ0v) is 11.0. The summed E-state index contributed by atoms with van der Waals surface area (Å²) in [6.07, 6.45) is 7.04.